The van der Waals surface area contributed by atoms with Gasteiger partial charge in [-0.05, 0) is 23.8 Å². The molecule has 5 aromatic rings. The smallest absolute Gasteiger partial charge is 0.287 e. The monoisotopic (exact) mass is 452 g/mol. The Bertz CT molecular complexity index is 1450. The maximum Gasteiger partial charge on any atom is 0.287 e. The maximum absolute atomic E-state index is 10.7. The Morgan fingerprint density at radius 1 is 0.853 bits per heavy atom. The molecule has 0 aliphatic heterocycles. The third-order valence-electron chi connectivity index (χ3n) is 5.27. The van der Waals surface area contributed by atoms with E-state index in [1.165, 1.54) is 12.3 Å². The largest absolute Gasteiger partial charge is 0.368 e. The van der Waals surface area contributed by atoms with Gasteiger partial charge in [0.05, 0.1) is 28.0 Å². The number of imidazole rings is 1. The molecule has 3 heterocycles. The van der Waals surface area contributed by atoms with Crippen LogP contribution in [0.4, 0.5) is 17.5 Å². The first-order chi connectivity index (χ1) is 16.7. The molecule has 0 amide bonds. The second-order valence-corrected chi connectivity index (χ2v) is 7.43. The van der Waals surface area contributed by atoms with E-state index in [0.717, 1.165) is 33.4 Å². The molecular weight excluding hydrogens is 432 g/mol. The SMILES string of the molecule is O=[N+]([O-])c1ccc(NCCNc2nccc(-c3ccccc3-c3cccc4[nH]cnc34)n2)nc1. The molecule has 34 heavy (non-hydrogen) atoms. The Kier molecular flexibility index (Phi) is 5.76. The van der Waals surface area contributed by atoms with Crippen molar-refractivity contribution >= 4 is 28.5 Å². The van der Waals surface area contributed by atoms with Gasteiger partial charge < -0.3 is 15.6 Å². The first kappa shape index (κ1) is 21.0. The highest BCUT2D eigenvalue weighted by atomic mass is 16.6. The van der Waals surface area contributed by atoms with Gasteiger partial charge in [0.2, 0.25) is 5.95 Å². The minimum Gasteiger partial charge on any atom is -0.368 e. The number of hydrogen-bond acceptors (Lipinski definition) is 8. The number of nitrogens with zero attached hydrogens (tertiary/aromatic N) is 5. The number of nitrogens with one attached hydrogen (secondary N) is 3. The summed E-state index contributed by atoms with van der Waals surface area (Å²) in [5.41, 5.74) is 5.69. The summed E-state index contributed by atoms with van der Waals surface area (Å²) in [6.45, 7) is 1.08. The molecule has 0 aliphatic rings. The summed E-state index contributed by atoms with van der Waals surface area (Å²) in [4.78, 5) is 31.0. The van der Waals surface area contributed by atoms with Gasteiger partial charge in [-0.15, -0.1) is 0 Å². The van der Waals surface area contributed by atoms with Gasteiger partial charge in [-0.25, -0.2) is 19.9 Å². The van der Waals surface area contributed by atoms with Gasteiger partial charge >= 0.3 is 0 Å². The topological polar surface area (TPSA) is 135 Å². The van der Waals surface area contributed by atoms with Crippen LogP contribution in [0.2, 0.25) is 0 Å². The van der Waals surface area contributed by atoms with Gasteiger partial charge in [0.15, 0.2) is 0 Å². The van der Waals surface area contributed by atoms with Crippen LogP contribution in [0.1, 0.15) is 0 Å². The molecular formula is C24H20N8O2. The average Bonchev–Trinajstić information content (AvgIpc) is 3.36. The summed E-state index contributed by atoms with van der Waals surface area (Å²) in [6.07, 6.45) is 4.65. The van der Waals surface area contributed by atoms with Crippen LogP contribution in [0.25, 0.3) is 33.4 Å². The number of pyridine rings is 1. The zero-order chi connectivity index (χ0) is 23.3. The second kappa shape index (κ2) is 9.33. The van der Waals surface area contributed by atoms with E-state index < -0.39 is 4.92 Å². The number of anilines is 2. The van der Waals surface area contributed by atoms with E-state index in [2.05, 4.69) is 42.7 Å². The molecule has 0 aliphatic carbocycles. The molecule has 0 unspecified atom stereocenters. The Balaban J connectivity index is 1.30. The number of hydrogen-bond donors (Lipinski definition) is 3. The fourth-order valence-corrected chi connectivity index (χ4v) is 3.68. The van der Waals surface area contributed by atoms with Crippen molar-refractivity contribution in [2.45, 2.75) is 0 Å². The van der Waals surface area contributed by atoms with Crippen LogP contribution in [0, 0.1) is 10.1 Å². The lowest BCUT2D eigenvalue weighted by atomic mass is 9.96. The van der Waals surface area contributed by atoms with E-state index >= 15 is 0 Å². The predicted octanol–water partition coefficient (Wildman–Crippen LogP) is 4.51. The highest BCUT2D eigenvalue weighted by molar-refractivity contribution is 5.96. The minimum atomic E-state index is -0.476. The average molecular weight is 452 g/mol. The van der Waals surface area contributed by atoms with Gasteiger partial charge in [0.1, 0.15) is 12.0 Å². The molecule has 168 valence electrons. The van der Waals surface area contributed by atoms with Gasteiger partial charge in [-0.1, -0.05) is 36.4 Å². The number of para-hydroxylation sites is 1. The molecule has 10 heteroatoms. The quantitative estimate of drug-likeness (QED) is 0.178. The lowest BCUT2D eigenvalue weighted by molar-refractivity contribution is -0.385. The molecule has 10 nitrogen and oxygen atoms in total. The van der Waals surface area contributed by atoms with Crippen LogP contribution < -0.4 is 10.6 Å². The molecule has 5 rings (SSSR count). The van der Waals surface area contributed by atoms with Crippen molar-refractivity contribution < 1.29 is 4.92 Å². The lowest BCUT2D eigenvalue weighted by Gasteiger charge is -2.12. The van der Waals surface area contributed by atoms with Crippen LogP contribution in [-0.4, -0.2) is 42.9 Å². The number of fused-ring (bicyclic) bond motifs is 1. The summed E-state index contributed by atoms with van der Waals surface area (Å²) < 4.78 is 0. The van der Waals surface area contributed by atoms with Crippen LogP contribution in [0.15, 0.2) is 79.4 Å². The van der Waals surface area contributed by atoms with Crippen molar-refractivity contribution in [2.75, 3.05) is 23.7 Å². The number of aromatic amines is 1. The maximum atomic E-state index is 10.7. The molecule has 3 aromatic heterocycles. The van der Waals surface area contributed by atoms with E-state index in [-0.39, 0.29) is 5.69 Å². The third kappa shape index (κ3) is 4.37. The summed E-state index contributed by atoms with van der Waals surface area (Å²) in [7, 11) is 0. The molecule has 0 saturated heterocycles. The van der Waals surface area contributed by atoms with Crippen LogP contribution in [0.5, 0.6) is 0 Å². The van der Waals surface area contributed by atoms with E-state index in [9.17, 15) is 10.1 Å². The fourth-order valence-electron chi connectivity index (χ4n) is 3.68. The Morgan fingerprint density at radius 3 is 2.50 bits per heavy atom. The highest BCUT2D eigenvalue weighted by Gasteiger charge is 2.13. The third-order valence-corrected chi connectivity index (χ3v) is 5.27. The highest BCUT2D eigenvalue weighted by Crippen LogP contribution is 2.34. The molecule has 0 fully saturated rings. The number of rotatable bonds is 8. The number of aromatic nitrogens is 5. The zero-order valence-electron chi connectivity index (χ0n) is 18.0. The standard InChI is InChI=1S/C24H20N8O2/c33-32(34)16-8-9-22(28-14-16)25-12-13-27-24-26-11-10-20(31-24)18-5-2-1-4-17(18)19-6-3-7-21-23(19)30-15-29-21/h1-11,14-15H,12-13H2,(H,25,28)(H,29,30)(H,26,27,31). The summed E-state index contributed by atoms with van der Waals surface area (Å²) in [5, 5.41) is 17.0. The molecule has 0 bridgehead atoms. The van der Waals surface area contributed by atoms with Crippen LogP contribution in [0.3, 0.4) is 0 Å². The first-order valence-corrected chi connectivity index (χ1v) is 10.6. The predicted molar refractivity (Wildman–Crippen MR) is 130 cm³/mol. The molecule has 0 saturated carbocycles. The second-order valence-electron chi connectivity index (χ2n) is 7.43. The molecule has 0 radical (unpaired) electrons. The van der Waals surface area contributed by atoms with E-state index in [4.69, 9.17) is 4.98 Å². The molecule has 2 aromatic carbocycles. The lowest BCUT2D eigenvalue weighted by Crippen LogP contribution is -2.15. The zero-order valence-corrected chi connectivity index (χ0v) is 18.0. The number of H-pyrrole nitrogens is 1. The summed E-state index contributed by atoms with van der Waals surface area (Å²) in [5.74, 6) is 1.06. The van der Waals surface area contributed by atoms with E-state index in [1.54, 1.807) is 18.6 Å². The van der Waals surface area contributed by atoms with E-state index in [0.29, 0.717) is 24.9 Å². The van der Waals surface area contributed by atoms with Gasteiger partial charge in [-0.2, -0.15) is 0 Å². The Morgan fingerprint density at radius 2 is 1.68 bits per heavy atom. The Labute approximate surface area is 194 Å². The van der Waals surface area contributed by atoms with Crippen LogP contribution >= 0.6 is 0 Å². The van der Waals surface area contributed by atoms with Gasteiger partial charge in [0.25, 0.3) is 5.69 Å². The molecule has 0 atom stereocenters. The van der Waals surface area contributed by atoms with Crippen molar-refractivity contribution in [3.05, 3.63) is 89.5 Å². The molecule has 0 spiro atoms. The fraction of sp³-hybridized carbons (Fsp3) is 0.0833. The normalized spacial score (nSPS) is 10.8. The number of nitro groups is 1. The van der Waals surface area contributed by atoms with E-state index in [1.807, 2.05) is 36.4 Å². The number of benzene rings is 2. The summed E-state index contributed by atoms with van der Waals surface area (Å²) >= 11 is 0. The van der Waals surface area contributed by atoms with Crippen LogP contribution in [-0.2, 0) is 0 Å². The van der Waals surface area contributed by atoms with Gasteiger partial charge in [-0.3, -0.25) is 10.1 Å². The van der Waals surface area contributed by atoms with Crippen molar-refractivity contribution in [3.8, 4) is 22.4 Å². The minimum absolute atomic E-state index is 0.0438. The van der Waals surface area contributed by atoms with Crippen molar-refractivity contribution in [3.63, 3.8) is 0 Å². The summed E-state index contributed by atoms with van der Waals surface area (Å²) in [6, 6.07) is 19.0. The molecule has 3 N–H and O–H groups in total. The first-order valence-electron chi connectivity index (χ1n) is 10.6. The Hall–Kier alpha value is -4.86. The van der Waals surface area contributed by atoms with Crippen molar-refractivity contribution in [1.82, 2.24) is 24.9 Å². The van der Waals surface area contributed by atoms with Crippen molar-refractivity contribution in [2.24, 2.45) is 0 Å². The van der Waals surface area contributed by atoms with Crippen molar-refractivity contribution in [1.29, 1.82) is 0 Å². The van der Waals surface area contributed by atoms with Gasteiger partial charge in [0, 0.05) is 36.5 Å².